The largest absolute Gasteiger partial charge is 0.395 e. The zero-order valence-corrected chi connectivity index (χ0v) is 12.4. The first-order valence-corrected chi connectivity index (χ1v) is 7.07. The molecule has 0 aliphatic heterocycles. The number of aliphatic hydroxyl groups excluding tert-OH is 1. The van der Waals surface area contributed by atoms with Crippen LogP contribution in [0.25, 0.3) is 0 Å². The Morgan fingerprint density at radius 3 is 2.37 bits per heavy atom. The second-order valence-electron chi connectivity index (χ2n) is 6.90. The third-order valence-electron chi connectivity index (χ3n) is 4.44. The van der Waals surface area contributed by atoms with Gasteiger partial charge in [0.25, 0.3) is 0 Å². The number of carbonyl (C=O) groups is 1. The second-order valence-corrected chi connectivity index (χ2v) is 6.90. The van der Waals surface area contributed by atoms with Gasteiger partial charge in [-0.2, -0.15) is 0 Å². The molecule has 2 nitrogen and oxygen atoms in total. The molecule has 0 unspecified atom stereocenters. The molecule has 0 aromatic heterocycles. The molecule has 1 aromatic rings. The number of ketones is 1. The van der Waals surface area contributed by atoms with Crippen LogP contribution >= 0.6 is 0 Å². The summed E-state index contributed by atoms with van der Waals surface area (Å²) in [7, 11) is 0. The van der Waals surface area contributed by atoms with Gasteiger partial charge in [0.05, 0.1) is 12.0 Å². The van der Waals surface area contributed by atoms with Crippen LogP contribution in [0.15, 0.2) is 18.2 Å². The van der Waals surface area contributed by atoms with Gasteiger partial charge in [-0.25, -0.2) is 0 Å². The number of carbonyl (C=O) groups excluding carboxylic acids is 1. The molecule has 0 amide bonds. The van der Waals surface area contributed by atoms with E-state index in [1.165, 1.54) is 5.56 Å². The van der Waals surface area contributed by atoms with Gasteiger partial charge >= 0.3 is 0 Å². The summed E-state index contributed by atoms with van der Waals surface area (Å²) in [4.78, 5) is 12.7. The summed E-state index contributed by atoms with van der Waals surface area (Å²) in [5.74, 6) is 0.129. The van der Waals surface area contributed by atoms with Gasteiger partial charge in [-0.3, -0.25) is 4.79 Å². The van der Waals surface area contributed by atoms with Gasteiger partial charge < -0.3 is 5.11 Å². The van der Waals surface area contributed by atoms with E-state index in [0.29, 0.717) is 0 Å². The summed E-state index contributed by atoms with van der Waals surface area (Å²) in [6, 6.07) is 6.14. The average Bonchev–Trinajstić information content (AvgIpc) is 2.27. The minimum Gasteiger partial charge on any atom is -0.395 e. The Kier molecular flexibility index (Phi) is 3.57. The number of hydrogen-bond acceptors (Lipinski definition) is 2. The predicted octanol–water partition coefficient (Wildman–Crippen LogP) is 3.64. The van der Waals surface area contributed by atoms with Crippen molar-refractivity contribution in [3.05, 3.63) is 34.9 Å². The Hall–Kier alpha value is -1.15. The SMILES string of the molecule is Cc1ccc(C(C)(C)C)cc1C(=O)C1(CO)CCC1. The zero-order valence-electron chi connectivity index (χ0n) is 12.4. The lowest BCUT2D eigenvalue weighted by Crippen LogP contribution is -2.41. The van der Waals surface area contributed by atoms with Crippen LogP contribution in [0.2, 0.25) is 0 Å². The van der Waals surface area contributed by atoms with Crippen molar-refractivity contribution in [1.29, 1.82) is 0 Å². The molecule has 0 bridgehead atoms. The lowest BCUT2D eigenvalue weighted by molar-refractivity contribution is 0.0347. The van der Waals surface area contributed by atoms with E-state index in [1.807, 2.05) is 19.1 Å². The summed E-state index contributed by atoms with van der Waals surface area (Å²) in [5, 5.41) is 9.57. The molecule has 1 aromatic carbocycles. The van der Waals surface area contributed by atoms with Gasteiger partial charge in [0.1, 0.15) is 0 Å². The molecule has 0 saturated heterocycles. The van der Waals surface area contributed by atoms with Crippen LogP contribution in [-0.4, -0.2) is 17.5 Å². The topological polar surface area (TPSA) is 37.3 Å². The van der Waals surface area contributed by atoms with Crippen molar-refractivity contribution < 1.29 is 9.90 Å². The molecular formula is C17H24O2. The van der Waals surface area contributed by atoms with Crippen molar-refractivity contribution >= 4 is 5.78 Å². The highest BCUT2D eigenvalue weighted by Gasteiger charge is 2.44. The van der Waals surface area contributed by atoms with Gasteiger partial charge in [-0.15, -0.1) is 0 Å². The van der Waals surface area contributed by atoms with E-state index in [-0.39, 0.29) is 17.8 Å². The predicted molar refractivity (Wildman–Crippen MR) is 77.6 cm³/mol. The normalized spacial score (nSPS) is 17.9. The Balaban J connectivity index is 2.42. The molecule has 0 heterocycles. The quantitative estimate of drug-likeness (QED) is 0.842. The van der Waals surface area contributed by atoms with Crippen molar-refractivity contribution in [2.75, 3.05) is 6.61 Å². The Bertz CT molecular complexity index is 485. The van der Waals surface area contributed by atoms with E-state index >= 15 is 0 Å². The molecule has 1 saturated carbocycles. The highest BCUT2D eigenvalue weighted by Crippen LogP contribution is 2.43. The maximum absolute atomic E-state index is 12.7. The molecule has 1 aliphatic rings. The zero-order chi connectivity index (χ0) is 14.3. The fourth-order valence-corrected chi connectivity index (χ4v) is 2.68. The van der Waals surface area contributed by atoms with Crippen LogP contribution in [0, 0.1) is 12.3 Å². The van der Waals surface area contributed by atoms with Crippen LogP contribution < -0.4 is 0 Å². The van der Waals surface area contributed by atoms with Gasteiger partial charge in [0.2, 0.25) is 0 Å². The summed E-state index contributed by atoms with van der Waals surface area (Å²) in [6.45, 7) is 8.40. The van der Waals surface area contributed by atoms with Crippen LogP contribution in [-0.2, 0) is 5.41 Å². The van der Waals surface area contributed by atoms with Crippen molar-refractivity contribution in [2.24, 2.45) is 5.41 Å². The van der Waals surface area contributed by atoms with E-state index in [9.17, 15) is 9.90 Å². The molecule has 0 spiro atoms. The molecule has 1 fully saturated rings. The summed E-state index contributed by atoms with van der Waals surface area (Å²) < 4.78 is 0. The van der Waals surface area contributed by atoms with Crippen molar-refractivity contribution in [2.45, 2.75) is 52.4 Å². The molecule has 1 aliphatic carbocycles. The first-order chi connectivity index (χ1) is 8.80. The van der Waals surface area contributed by atoms with E-state index in [0.717, 1.165) is 30.4 Å². The standard InChI is InChI=1S/C17H24O2/c1-12-6-7-13(16(2,3)4)10-14(12)15(19)17(11-18)8-5-9-17/h6-7,10,18H,5,8-9,11H2,1-4H3. The monoisotopic (exact) mass is 260 g/mol. The lowest BCUT2D eigenvalue weighted by Gasteiger charge is -2.39. The fraction of sp³-hybridized carbons (Fsp3) is 0.588. The van der Waals surface area contributed by atoms with Crippen molar-refractivity contribution in [3.8, 4) is 0 Å². The molecular weight excluding hydrogens is 236 g/mol. The molecule has 19 heavy (non-hydrogen) atoms. The summed E-state index contributed by atoms with van der Waals surface area (Å²) in [6.07, 6.45) is 2.69. The van der Waals surface area contributed by atoms with Gasteiger partial charge in [-0.1, -0.05) is 39.3 Å². The Morgan fingerprint density at radius 1 is 1.32 bits per heavy atom. The fourth-order valence-electron chi connectivity index (χ4n) is 2.68. The van der Waals surface area contributed by atoms with Crippen molar-refractivity contribution in [1.82, 2.24) is 0 Å². The van der Waals surface area contributed by atoms with Crippen LogP contribution in [0.4, 0.5) is 0 Å². The third-order valence-corrected chi connectivity index (χ3v) is 4.44. The minimum atomic E-state index is -0.499. The molecule has 104 valence electrons. The highest BCUT2D eigenvalue weighted by molar-refractivity contribution is 6.02. The van der Waals surface area contributed by atoms with Gasteiger partial charge in [0.15, 0.2) is 5.78 Å². The molecule has 2 rings (SSSR count). The van der Waals surface area contributed by atoms with E-state index in [4.69, 9.17) is 0 Å². The Labute approximate surface area is 115 Å². The summed E-state index contributed by atoms with van der Waals surface area (Å²) >= 11 is 0. The first kappa shape index (κ1) is 14.3. The highest BCUT2D eigenvalue weighted by atomic mass is 16.3. The maximum atomic E-state index is 12.7. The second kappa shape index (κ2) is 4.75. The Morgan fingerprint density at radius 2 is 1.95 bits per heavy atom. The molecule has 0 atom stereocenters. The number of aryl methyl sites for hydroxylation is 1. The van der Waals surface area contributed by atoms with Gasteiger partial charge in [0, 0.05) is 5.56 Å². The number of aliphatic hydroxyl groups is 1. The van der Waals surface area contributed by atoms with Crippen LogP contribution in [0.5, 0.6) is 0 Å². The van der Waals surface area contributed by atoms with E-state index < -0.39 is 5.41 Å². The number of benzene rings is 1. The summed E-state index contributed by atoms with van der Waals surface area (Å²) in [5.41, 5.74) is 2.52. The molecule has 2 heteroatoms. The number of rotatable bonds is 3. The number of Topliss-reactive ketones (excluding diaryl/α,β-unsaturated/α-hetero) is 1. The molecule has 0 radical (unpaired) electrons. The third kappa shape index (κ3) is 2.46. The van der Waals surface area contributed by atoms with Crippen LogP contribution in [0.3, 0.4) is 0 Å². The minimum absolute atomic E-state index is 0.0228. The van der Waals surface area contributed by atoms with Crippen molar-refractivity contribution in [3.63, 3.8) is 0 Å². The maximum Gasteiger partial charge on any atom is 0.171 e. The average molecular weight is 260 g/mol. The first-order valence-electron chi connectivity index (χ1n) is 7.07. The number of hydrogen-bond donors (Lipinski definition) is 1. The van der Waals surface area contributed by atoms with E-state index in [2.05, 4.69) is 26.8 Å². The van der Waals surface area contributed by atoms with E-state index in [1.54, 1.807) is 0 Å². The van der Waals surface area contributed by atoms with Crippen LogP contribution in [0.1, 0.15) is 61.5 Å². The smallest absolute Gasteiger partial charge is 0.171 e. The lowest BCUT2D eigenvalue weighted by atomic mass is 9.64. The molecule has 1 N–H and O–H groups in total. The van der Waals surface area contributed by atoms with Gasteiger partial charge in [-0.05, 0) is 42.4 Å².